The second-order valence-electron chi connectivity index (χ2n) is 3.32. The van der Waals surface area contributed by atoms with Crippen molar-refractivity contribution in [1.82, 2.24) is 0 Å². The van der Waals surface area contributed by atoms with Gasteiger partial charge in [0.2, 0.25) is 0 Å². The predicted octanol–water partition coefficient (Wildman–Crippen LogP) is 2.83. The lowest BCUT2D eigenvalue weighted by Crippen LogP contribution is -1.93. The molecule has 1 aliphatic rings. The fourth-order valence-electron chi connectivity index (χ4n) is 1.25. The molecule has 0 aliphatic carbocycles. The molecule has 3 nitrogen and oxygen atoms in total. The van der Waals surface area contributed by atoms with Crippen molar-refractivity contribution in [3.63, 3.8) is 0 Å². The van der Waals surface area contributed by atoms with Crippen LogP contribution >= 0.6 is 11.8 Å². The Morgan fingerprint density at radius 3 is 2.67 bits per heavy atom. The van der Waals surface area contributed by atoms with E-state index in [1.54, 1.807) is 18.9 Å². The number of benzene rings is 1. The summed E-state index contributed by atoms with van der Waals surface area (Å²) in [7, 11) is 1.65. The van der Waals surface area contributed by atoms with Crippen LogP contribution in [0.25, 0.3) is 0 Å². The lowest BCUT2D eigenvalue weighted by atomic mass is 10.3. The third-order valence-electron chi connectivity index (χ3n) is 2.04. The van der Waals surface area contributed by atoms with E-state index in [0.717, 1.165) is 23.3 Å². The summed E-state index contributed by atoms with van der Waals surface area (Å²) < 4.78 is 10.5. The summed E-state index contributed by atoms with van der Waals surface area (Å²) >= 11 is 1.67. The molecule has 2 rings (SSSR count). The number of aliphatic imine (C=N–C) groups is 1. The molecule has 1 atom stereocenters. The van der Waals surface area contributed by atoms with Gasteiger partial charge in [0.1, 0.15) is 12.4 Å². The van der Waals surface area contributed by atoms with E-state index in [0.29, 0.717) is 5.25 Å². The molecule has 0 aromatic heterocycles. The molecule has 0 radical (unpaired) electrons. The number of hydrogen-bond acceptors (Lipinski definition) is 4. The number of rotatable bonds is 2. The Kier molecular flexibility index (Phi) is 3.16. The van der Waals surface area contributed by atoms with Gasteiger partial charge in [-0.25, -0.2) is 4.99 Å². The van der Waals surface area contributed by atoms with Gasteiger partial charge in [-0.1, -0.05) is 11.8 Å². The molecular formula is C11H13NO2S. The smallest absolute Gasteiger partial charge is 0.251 e. The molecule has 0 amide bonds. The van der Waals surface area contributed by atoms with E-state index < -0.39 is 0 Å². The highest BCUT2D eigenvalue weighted by Gasteiger charge is 2.18. The van der Waals surface area contributed by atoms with Crippen LogP contribution in [0.1, 0.15) is 6.92 Å². The maximum Gasteiger partial charge on any atom is 0.251 e. The SMILES string of the molecule is COc1ccc(N=C2OC[C@@H](C)S2)cc1. The molecule has 1 fully saturated rings. The highest BCUT2D eigenvalue weighted by molar-refractivity contribution is 8.14. The fourth-order valence-corrected chi connectivity index (χ4v) is 2.02. The number of hydrogen-bond donors (Lipinski definition) is 0. The van der Waals surface area contributed by atoms with Crippen LogP contribution in [0.5, 0.6) is 5.75 Å². The van der Waals surface area contributed by atoms with Crippen LogP contribution in [0.15, 0.2) is 29.3 Å². The van der Waals surface area contributed by atoms with Crippen molar-refractivity contribution in [3.8, 4) is 5.75 Å². The average molecular weight is 223 g/mol. The first-order chi connectivity index (χ1) is 7.28. The summed E-state index contributed by atoms with van der Waals surface area (Å²) in [5.41, 5.74) is 0.896. The molecule has 1 saturated heterocycles. The monoisotopic (exact) mass is 223 g/mol. The lowest BCUT2D eigenvalue weighted by molar-refractivity contribution is 0.333. The van der Waals surface area contributed by atoms with Crippen molar-refractivity contribution in [2.75, 3.05) is 13.7 Å². The minimum Gasteiger partial charge on any atom is -0.497 e. The van der Waals surface area contributed by atoms with Crippen molar-refractivity contribution in [1.29, 1.82) is 0 Å². The molecule has 80 valence electrons. The summed E-state index contributed by atoms with van der Waals surface area (Å²) in [4.78, 5) is 4.39. The van der Waals surface area contributed by atoms with Crippen LogP contribution in [0.4, 0.5) is 5.69 Å². The topological polar surface area (TPSA) is 30.8 Å². The second kappa shape index (κ2) is 4.57. The second-order valence-corrected chi connectivity index (χ2v) is 4.70. The Bertz CT molecular complexity index is 361. The first-order valence-corrected chi connectivity index (χ1v) is 5.68. The number of nitrogens with zero attached hydrogens (tertiary/aromatic N) is 1. The largest absolute Gasteiger partial charge is 0.497 e. The maximum absolute atomic E-state index is 5.41. The highest BCUT2D eigenvalue weighted by Crippen LogP contribution is 2.26. The third-order valence-corrected chi connectivity index (χ3v) is 2.99. The molecule has 0 saturated carbocycles. The van der Waals surface area contributed by atoms with E-state index in [1.807, 2.05) is 24.3 Å². The quantitative estimate of drug-likeness (QED) is 0.772. The molecule has 0 unspecified atom stereocenters. The normalized spacial score (nSPS) is 22.8. The van der Waals surface area contributed by atoms with Crippen LogP contribution in [-0.2, 0) is 4.74 Å². The number of methoxy groups -OCH3 is 1. The first-order valence-electron chi connectivity index (χ1n) is 4.80. The van der Waals surface area contributed by atoms with Gasteiger partial charge in [-0.15, -0.1) is 0 Å². The van der Waals surface area contributed by atoms with Gasteiger partial charge in [-0.2, -0.15) is 0 Å². The Morgan fingerprint density at radius 2 is 2.13 bits per heavy atom. The predicted molar refractivity (Wildman–Crippen MR) is 63.1 cm³/mol. The highest BCUT2D eigenvalue weighted by atomic mass is 32.2. The summed E-state index contributed by atoms with van der Waals surface area (Å²) in [6, 6.07) is 7.61. The van der Waals surface area contributed by atoms with Gasteiger partial charge in [0.15, 0.2) is 0 Å². The minimum atomic E-state index is 0.502. The van der Waals surface area contributed by atoms with Crippen LogP contribution in [0.2, 0.25) is 0 Å². The Labute approximate surface area is 93.5 Å². The van der Waals surface area contributed by atoms with Crippen molar-refractivity contribution in [2.45, 2.75) is 12.2 Å². The van der Waals surface area contributed by atoms with E-state index in [2.05, 4.69) is 11.9 Å². The minimum absolute atomic E-state index is 0.502. The molecule has 0 N–H and O–H groups in total. The third kappa shape index (κ3) is 2.65. The van der Waals surface area contributed by atoms with Crippen molar-refractivity contribution >= 4 is 22.7 Å². The first kappa shape index (κ1) is 10.4. The van der Waals surface area contributed by atoms with Gasteiger partial charge in [-0.3, -0.25) is 0 Å². The van der Waals surface area contributed by atoms with Gasteiger partial charge >= 0.3 is 0 Å². The van der Waals surface area contributed by atoms with E-state index in [-0.39, 0.29) is 0 Å². The summed E-state index contributed by atoms with van der Waals surface area (Å²) in [6.45, 7) is 2.88. The van der Waals surface area contributed by atoms with Crippen molar-refractivity contribution in [3.05, 3.63) is 24.3 Å². The van der Waals surface area contributed by atoms with E-state index in [9.17, 15) is 0 Å². The summed E-state index contributed by atoms with van der Waals surface area (Å²) in [6.07, 6.45) is 0. The summed E-state index contributed by atoms with van der Waals surface area (Å²) in [5, 5.41) is 1.26. The van der Waals surface area contributed by atoms with E-state index >= 15 is 0 Å². The molecule has 0 bridgehead atoms. The standard InChI is InChI=1S/C11H13NO2S/c1-8-7-14-11(15-8)12-9-3-5-10(13-2)6-4-9/h3-6,8H,7H2,1-2H3/t8-/m1/s1. The zero-order valence-electron chi connectivity index (χ0n) is 8.77. The number of thioether (sulfide) groups is 1. The van der Waals surface area contributed by atoms with Gasteiger partial charge in [0.25, 0.3) is 5.23 Å². The van der Waals surface area contributed by atoms with E-state index in [1.165, 1.54) is 0 Å². The zero-order valence-corrected chi connectivity index (χ0v) is 9.58. The zero-order chi connectivity index (χ0) is 10.7. The number of ether oxygens (including phenoxy) is 2. The fraction of sp³-hybridized carbons (Fsp3) is 0.364. The molecule has 4 heteroatoms. The van der Waals surface area contributed by atoms with E-state index in [4.69, 9.17) is 9.47 Å². The average Bonchev–Trinajstić information content (AvgIpc) is 2.65. The molecule has 1 aromatic rings. The van der Waals surface area contributed by atoms with Crippen molar-refractivity contribution < 1.29 is 9.47 Å². The van der Waals surface area contributed by atoms with Crippen LogP contribution in [-0.4, -0.2) is 24.2 Å². The Balaban J connectivity index is 2.10. The Morgan fingerprint density at radius 1 is 1.40 bits per heavy atom. The lowest BCUT2D eigenvalue weighted by Gasteiger charge is -1.99. The van der Waals surface area contributed by atoms with Crippen molar-refractivity contribution in [2.24, 2.45) is 4.99 Å². The maximum atomic E-state index is 5.41. The summed E-state index contributed by atoms with van der Waals surface area (Å²) in [5.74, 6) is 0.840. The molecule has 1 heterocycles. The van der Waals surface area contributed by atoms with Gasteiger partial charge < -0.3 is 9.47 Å². The van der Waals surface area contributed by atoms with Crippen LogP contribution in [0, 0.1) is 0 Å². The van der Waals surface area contributed by atoms with Crippen LogP contribution in [0.3, 0.4) is 0 Å². The van der Waals surface area contributed by atoms with Gasteiger partial charge in [0.05, 0.1) is 12.8 Å². The van der Waals surface area contributed by atoms with Crippen LogP contribution < -0.4 is 4.74 Å². The van der Waals surface area contributed by atoms with Gasteiger partial charge in [-0.05, 0) is 31.2 Å². The molecule has 1 aromatic carbocycles. The molecular weight excluding hydrogens is 210 g/mol. The van der Waals surface area contributed by atoms with Gasteiger partial charge in [0, 0.05) is 5.25 Å². The molecule has 1 aliphatic heterocycles. The molecule has 15 heavy (non-hydrogen) atoms. The Hall–Kier alpha value is -1.16. The molecule has 0 spiro atoms.